The molecule has 1 amide bonds. The molecular formula is C20H30N6O4. The predicted octanol–water partition coefficient (Wildman–Crippen LogP) is 0.781. The van der Waals surface area contributed by atoms with Gasteiger partial charge in [0.2, 0.25) is 5.91 Å². The van der Waals surface area contributed by atoms with E-state index in [1.54, 1.807) is 7.11 Å². The molecule has 164 valence electrons. The first-order valence-corrected chi connectivity index (χ1v) is 10.3. The predicted molar refractivity (Wildman–Crippen MR) is 111 cm³/mol. The molecule has 0 spiro atoms. The minimum absolute atomic E-state index is 0.0219. The number of ether oxygens (including phenoxy) is 1. The quantitative estimate of drug-likeness (QED) is 0.556. The number of carbonyl (C=O) groups excluding carboxylic acids is 1. The second kappa shape index (κ2) is 10.5. The minimum atomic E-state index is -0.186. The number of hydrogen-bond acceptors (Lipinski definition) is 7. The fourth-order valence-electron chi connectivity index (χ4n) is 3.65. The number of rotatable bonds is 9. The third-order valence-corrected chi connectivity index (χ3v) is 5.40. The van der Waals surface area contributed by atoms with Gasteiger partial charge in [0.25, 0.3) is 0 Å². The molecule has 0 unspecified atom stereocenters. The SMILES string of the molecule is CCn1nnn(CCN2CC[C@H](CON(C(C)=O)c3ccccc3)[C@H](OC)C2)c1=O. The lowest BCUT2D eigenvalue weighted by molar-refractivity contribution is -0.126. The maximum atomic E-state index is 12.1. The highest BCUT2D eigenvalue weighted by atomic mass is 16.7. The van der Waals surface area contributed by atoms with Crippen molar-refractivity contribution in [1.29, 1.82) is 0 Å². The fraction of sp³-hybridized carbons (Fsp3) is 0.600. The van der Waals surface area contributed by atoms with Gasteiger partial charge in [0.05, 0.1) is 24.9 Å². The Kier molecular flexibility index (Phi) is 7.72. The van der Waals surface area contributed by atoms with Crippen molar-refractivity contribution in [1.82, 2.24) is 24.7 Å². The summed E-state index contributed by atoms with van der Waals surface area (Å²) in [6, 6.07) is 9.32. The molecule has 10 nitrogen and oxygen atoms in total. The molecule has 2 aromatic rings. The van der Waals surface area contributed by atoms with Crippen molar-refractivity contribution >= 4 is 11.6 Å². The number of para-hydroxylation sites is 1. The van der Waals surface area contributed by atoms with E-state index < -0.39 is 0 Å². The molecule has 3 rings (SSSR count). The molecule has 1 saturated heterocycles. The number of amides is 1. The van der Waals surface area contributed by atoms with Crippen LogP contribution in [0.25, 0.3) is 0 Å². The summed E-state index contributed by atoms with van der Waals surface area (Å²) >= 11 is 0. The average molecular weight is 418 g/mol. The molecule has 0 saturated carbocycles. The Hall–Kier alpha value is -2.56. The Morgan fingerprint density at radius 3 is 2.57 bits per heavy atom. The summed E-state index contributed by atoms with van der Waals surface area (Å²) in [5.41, 5.74) is 0.524. The normalized spacial score (nSPS) is 19.7. The van der Waals surface area contributed by atoms with Gasteiger partial charge in [-0.15, -0.1) is 0 Å². The monoisotopic (exact) mass is 418 g/mol. The number of aryl methyl sites for hydroxylation is 1. The topological polar surface area (TPSA) is 94.7 Å². The molecule has 0 radical (unpaired) electrons. The van der Waals surface area contributed by atoms with Gasteiger partial charge in [-0.1, -0.05) is 18.2 Å². The Bertz CT molecular complexity index is 868. The van der Waals surface area contributed by atoms with Crippen molar-refractivity contribution in [2.45, 2.75) is 39.5 Å². The molecule has 1 aromatic carbocycles. The maximum absolute atomic E-state index is 12.1. The van der Waals surface area contributed by atoms with Crippen LogP contribution in [0.5, 0.6) is 0 Å². The Morgan fingerprint density at radius 2 is 1.93 bits per heavy atom. The average Bonchev–Trinajstić information content (AvgIpc) is 3.12. The van der Waals surface area contributed by atoms with E-state index in [0.717, 1.165) is 19.5 Å². The number of tetrazole rings is 1. The van der Waals surface area contributed by atoms with Crippen LogP contribution in [0.3, 0.4) is 0 Å². The molecule has 2 heterocycles. The Balaban J connectivity index is 1.53. The summed E-state index contributed by atoms with van der Waals surface area (Å²) < 4.78 is 8.44. The molecule has 1 aliphatic rings. The van der Waals surface area contributed by atoms with Crippen molar-refractivity contribution in [2.75, 3.05) is 38.4 Å². The second-order valence-electron chi connectivity index (χ2n) is 7.37. The maximum Gasteiger partial charge on any atom is 0.363 e. The standard InChI is InChI=1S/C20H30N6O4/c1-4-24-20(28)25(22-21-24)13-12-23-11-10-17(19(14-23)29-3)15-30-26(16(2)27)18-8-6-5-7-9-18/h5-9,17,19H,4,10-15H2,1-3H3/t17-,19-/m1/s1. The van der Waals surface area contributed by atoms with Gasteiger partial charge in [-0.3, -0.25) is 14.5 Å². The zero-order valence-electron chi connectivity index (χ0n) is 17.8. The van der Waals surface area contributed by atoms with Crippen LogP contribution in [0.2, 0.25) is 0 Å². The van der Waals surface area contributed by atoms with E-state index in [0.29, 0.717) is 31.9 Å². The third kappa shape index (κ3) is 5.32. The molecule has 1 fully saturated rings. The fourth-order valence-corrected chi connectivity index (χ4v) is 3.65. The largest absolute Gasteiger partial charge is 0.380 e. The number of piperidine rings is 1. The summed E-state index contributed by atoms with van der Waals surface area (Å²) in [5.74, 6) is -0.00123. The van der Waals surface area contributed by atoms with Crippen molar-refractivity contribution in [3.05, 3.63) is 40.8 Å². The first kappa shape index (κ1) is 22.1. The summed E-state index contributed by atoms with van der Waals surface area (Å²) in [5, 5.41) is 9.10. The van der Waals surface area contributed by atoms with Gasteiger partial charge in [-0.2, -0.15) is 14.4 Å². The number of anilines is 1. The number of likely N-dealkylation sites (tertiary alicyclic amines) is 1. The van der Waals surface area contributed by atoms with Crippen LogP contribution < -0.4 is 10.8 Å². The third-order valence-electron chi connectivity index (χ3n) is 5.40. The van der Waals surface area contributed by atoms with Crippen molar-refractivity contribution < 1.29 is 14.4 Å². The lowest BCUT2D eigenvalue weighted by Crippen LogP contribution is -2.48. The number of benzene rings is 1. The van der Waals surface area contributed by atoms with Crippen LogP contribution in [0, 0.1) is 5.92 Å². The number of methoxy groups -OCH3 is 1. The highest BCUT2D eigenvalue weighted by molar-refractivity contribution is 5.89. The van der Waals surface area contributed by atoms with E-state index in [1.165, 1.54) is 21.4 Å². The number of hydroxylamine groups is 1. The highest BCUT2D eigenvalue weighted by Crippen LogP contribution is 2.22. The van der Waals surface area contributed by atoms with Crippen LogP contribution in [-0.4, -0.2) is 70.1 Å². The van der Waals surface area contributed by atoms with Crippen molar-refractivity contribution in [3.63, 3.8) is 0 Å². The van der Waals surface area contributed by atoms with Gasteiger partial charge in [-0.05, 0) is 42.4 Å². The summed E-state index contributed by atoms with van der Waals surface area (Å²) in [6.07, 6.45) is 0.849. The first-order chi connectivity index (χ1) is 14.5. The van der Waals surface area contributed by atoms with Crippen LogP contribution in [0.15, 0.2) is 35.1 Å². The van der Waals surface area contributed by atoms with E-state index in [9.17, 15) is 9.59 Å². The summed E-state index contributed by atoms with van der Waals surface area (Å²) in [6.45, 7) is 7.02. The van der Waals surface area contributed by atoms with Gasteiger partial charge in [0, 0.05) is 39.6 Å². The summed E-state index contributed by atoms with van der Waals surface area (Å²) in [7, 11) is 1.69. The summed E-state index contributed by atoms with van der Waals surface area (Å²) in [4.78, 5) is 32.2. The van der Waals surface area contributed by atoms with Gasteiger partial charge in [-0.25, -0.2) is 4.79 Å². The van der Waals surface area contributed by atoms with Crippen molar-refractivity contribution in [3.8, 4) is 0 Å². The number of nitrogens with zero attached hydrogens (tertiary/aromatic N) is 6. The van der Waals surface area contributed by atoms with E-state index >= 15 is 0 Å². The molecular weight excluding hydrogens is 388 g/mol. The zero-order chi connectivity index (χ0) is 21.5. The lowest BCUT2D eigenvalue weighted by Gasteiger charge is -2.38. The second-order valence-corrected chi connectivity index (χ2v) is 7.37. The van der Waals surface area contributed by atoms with E-state index in [2.05, 4.69) is 15.3 Å². The highest BCUT2D eigenvalue weighted by Gasteiger charge is 2.30. The molecule has 1 aromatic heterocycles. The number of aromatic nitrogens is 4. The Labute approximate surface area is 175 Å². The minimum Gasteiger partial charge on any atom is -0.380 e. The molecule has 0 aliphatic carbocycles. The van der Waals surface area contributed by atoms with Crippen molar-refractivity contribution in [2.24, 2.45) is 5.92 Å². The first-order valence-electron chi connectivity index (χ1n) is 10.3. The van der Waals surface area contributed by atoms with E-state index in [1.807, 2.05) is 37.3 Å². The van der Waals surface area contributed by atoms with E-state index in [-0.39, 0.29) is 23.6 Å². The molecule has 1 aliphatic heterocycles. The van der Waals surface area contributed by atoms with E-state index in [4.69, 9.17) is 9.57 Å². The Morgan fingerprint density at radius 1 is 1.20 bits per heavy atom. The zero-order valence-corrected chi connectivity index (χ0v) is 17.8. The number of hydrogen-bond donors (Lipinski definition) is 0. The van der Waals surface area contributed by atoms with Crippen LogP contribution in [0.4, 0.5) is 5.69 Å². The molecule has 0 N–H and O–H groups in total. The number of carbonyl (C=O) groups is 1. The van der Waals surface area contributed by atoms with Gasteiger partial charge in [0.15, 0.2) is 0 Å². The van der Waals surface area contributed by atoms with Gasteiger partial charge in [0.1, 0.15) is 0 Å². The molecule has 10 heteroatoms. The van der Waals surface area contributed by atoms with Gasteiger partial charge < -0.3 is 4.74 Å². The van der Waals surface area contributed by atoms with Crippen LogP contribution in [0.1, 0.15) is 20.3 Å². The lowest BCUT2D eigenvalue weighted by atomic mass is 9.94. The smallest absolute Gasteiger partial charge is 0.363 e. The van der Waals surface area contributed by atoms with Crippen LogP contribution in [-0.2, 0) is 27.5 Å². The molecule has 30 heavy (non-hydrogen) atoms. The molecule has 0 bridgehead atoms. The molecule has 2 atom stereocenters. The van der Waals surface area contributed by atoms with Gasteiger partial charge >= 0.3 is 5.69 Å². The van der Waals surface area contributed by atoms with Crippen LogP contribution >= 0.6 is 0 Å².